The van der Waals surface area contributed by atoms with Gasteiger partial charge in [0.05, 0.1) is 0 Å². The number of benzene rings is 2. The van der Waals surface area contributed by atoms with Gasteiger partial charge < -0.3 is 4.74 Å². The number of unbranched alkanes of at least 4 members (excludes halogenated alkanes) is 20. The molecule has 0 N–H and O–H groups in total. The van der Waals surface area contributed by atoms with E-state index < -0.39 is 0 Å². The lowest BCUT2D eigenvalue weighted by Gasteiger charge is -2.29. The standard InChI is InChI=1S/C66H102N4O/c1-5-9-13-15-17-19-21-23-25-27-31-57-49-67-65(68-50-57)59-39-33-55(34-40-59)47-61-45-53(29-11-7-3)37-43-63(61)71-64-44-38-54(30-12-8-4)46-62(64)48-56-35-41-60(42-36-56)66-69-51-58(52-70-66)32-28-26-24-22-20-18-16-14-10-6-2/h37-38,43-46,49-52,55-56,59-60H,5-36,39-42,47-48H2,1-4H3. The van der Waals surface area contributed by atoms with Crippen LogP contribution in [0.4, 0.5) is 0 Å². The zero-order valence-electron chi connectivity index (χ0n) is 46.2. The smallest absolute Gasteiger partial charge is 0.131 e. The molecule has 0 bridgehead atoms. The second kappa shape index (κ2) is 34.0. The molecule has 5 heteroatoms. The zero-order valence-corrected chi connectivity index (χ0v) is 46.2. The van der Waals surface area contributed by atoms with Crippen LogP contribution in [0.2, 0.25) is 0 Å². The van der Waals surface area contributed by atoms with Gasteiger partial charge in [0.2, 0.25) is 0 Å². The number of rotatable bonds is 36. The summed E-state index contributed by atoms with van der Waals surface area (Å²) in [5.74, 6) is 6.53. The number of hydrogen-bond acceptors (Lipinski definition) is 5. The second-order valence-electron chi connectivity index (χ2n) is 22.8. The molecule has 0 amide bonds. The first-order valence-corrected chi connectivity index (χ1v) is 30.6. The van der Waals surface area contributed by atoms with Gasteiger partial charge in [-0.1, -0.05) is 180 Å². The first-order chi connectivity index (χ1) is 35.0. The van der Waals surface area contributed by atoms with Crippen LogP contribution >= 0.6 is 0 Å². The van der Waals surface area contributed by atoms with E-state index in [1.165, 1.54) is 239 Å². The highest BCUT2D eigenvalue weighted by Gasteiger charge is 2.27. The molecule has 0 spiro atoms. The number of aryl methyl sites for hydroxylation is 4. The lowest BCUT2D eigenvalue weighted by molar-refractivity contribution is 0.312. The van der Waals surface area contributed by atoms with Crippen molar-refractivity contribution in [2.45, 2.75) is 284 Å². The Bertz CT molecular complexity index is 1830. The van der Waals surface area contributed by atoms with Crippen LogP contribution in [0.3, 0.4) is 0 Å². The highest BCUT2D eigenvalue weighted by atomic mass is 16.5. The topological polar surface area (TPSA) is 60.8 Å². The maximum Gasteiger partial charge on any atom is 0.131 e. The minimum Gasteiger partial charge on any atom is -0.457 e. The Morgan fingerprint density at radius 2 is 0.662 bits per heavy atom. The molecule has 71 heavy (non-hydrogen) atoms. The quantitative estimate of drug-likeness (QED) is 0.0425. The second-order valence-corrected chi connectivity index (χ2v) is 22.8. The van der Waals surface area contributed by atoms with Crippen molar-refractivity contribution in [2.24, 2.45) is 11.8 Å². The average molecular weight is 968 g/mol. The van der Waals surface area contributed by atoms with Crippen molar-refractivity contribution in [1.29, 1.82) is 0 Å². The van der Waals surface area contributed by atoms with E-state index in [0.717, 1.165) is 61.7 Å². The molecule has 392 valence electrons. The Kier molecular flexibility index (Phi) is 27.1. The maximum atomic E-state index is 7.14. The Morgan fingerprint density at radius 1 is 0.352 bits per heavy atom. The van der Waals surface area contributed by atoms with Crippen molar-refractivity contribution in [3.05, 3.63) is 106 Å². The molecule has 2 aliphatic carbocycles. The van der Waals surface area contributed by atoms with Crippen LogP contribution in [0, 0.1) is 11.8 Å². The van der Waals surface area contributed by atoms with Crippen molar-refractivity contribution < 1.29 is 4.74 Å². The highest BCUT2D eigenvalue weighted by molar-refractivity contribution is 5.45. The number of hydrogen-bond donors (Lipinski definition) is 0. The summed E-state index contributed by atoms with van der Waals surface area (Å²) in [7, 11) is 0. The van der Waals surface area contributed by atoms with Crippen LogP contribution in [0.5, 0.6) is 11.5 Å². The summed E-state index contributed by atoms with van der Waals surface area (Å²) in [6.07, 6.45) is 57.2. The number of nitrogens with zero attached hydrogens (tertiary/aromatic N) is 4. The lowest BCUT2D eigenvalue weighted by atomic mass is 9.78. The van der Waals surface area contributed by atoms with E-state index >= 15 is 0 Å². The van der Waals surface area contributed by atoms with Gasteiger partial charge in [-0.15, -0.1) is 0 Å². The third-order valence-electron chi connectivity index (χ3n) is 16.6. The van der Waals surface area contributed by atoms with Gasteiger partial charge in [-0.3, -0.25) is 0 Å². The normalized spacial score (nSPS) is 18.3. The molecule has 2 fully saturated rings. The third kappa shape index (κ3) is 21.0. The average Bonchev–Trinajstić information content (AvgIpc) is 3.40. The molecule has 0 atom stereocenters. The zero-order chi connectivity index (χ0) is 49.6. The maximum absolute atomic E-state index is 7.14. The molecule has 0 unspecified atom stereocenters. The van der Waals surface area contributed by atoms with E-state index in [4.69, 9.17) is 24.7 Å². The number of aromatic nitrogens is 4. The molecule has 2 aromatic heterocycles. The molecule has 4 aromatic rings. The Labute approximate surface area is 435 Å². The van der Waals surface area contributed by atoms with E-state index in [1.54, 1.807) is 0 Å². The van der Waals surface area contributed by atoms with Gasteiger partial charge in [-0.2, -0.15) is 0 Å². The Morgan fingerprint density at radius 3 is 1.00 bits per heavy atom. The van der Waals surface area contributed by atoms with Crippen LogP contribution in [0.1, 0.15) is 290 Å². The predicted molar refractivity (Wildman–Crippen MR) is 302 cm³/mol. The van der Waals surface area contributed by atoms with Gasteiger partial charge in [0, 0.05) is 36.6 Å². The van der Waals surface area contributed by atoms with Gasteiger partial charge in [-0.05, 0) is 173 Å². The summed E-state index contributed by atoms with van der Waals surface area (Å²) in [4.78, 5) is 19.8. The van der Waals surface area contributed by atoms with Crippen molar-refractivity contribution in [3.8, 4) is 11.5 Å². The SMILES string of the molecule is CCCCCCCCCCCCc1cnc(C2CCC(Cc3cc(CCCC)ccc3Oc3ccc(CCCC)cc3CC3CCC(c4ncc(CCCCCCCCCCCC)cn4)CC3)CC2)nc1. The summed E-state index contributed by atoms with van der Waals surface area (Å²) in [6.45, 7) is 9.20. The monoisotopic (exact) mass is 967 g/mol. The van der Waals surface area contributed by atoms with Crippen LogP contribution in [-0.4, -0.2) is 19.9 Å². The largest absolute Gasteiger partial charge is 0.457 e. The minimum atomic E-state index is 0.477. The lowest BCUT2D eigenvalue weighted by Crippen LogP contribution is -2.18. The van der Waals surface area contributed by atoms with Gasteiger partial charge in [0.25, 0.3) is 0 Å². The molecular weight excluding hydrogens is 865 g/mol. The highest BCUT2D eigenvalue weighted by Crippen LogP contribution is 2.41. The summed E-state index contributed by atoms with van der Waals surface area (Å²) in [6, 6.07) is 14.3. The molecule has 5 nitrogen and oxygen atoms in total. The van der Waals surface area contributed by atoms with Crippen LogP contribution < -0.4 is 4.74 Å². The molecule has 6 rings (SSSR count). The molecule has 2 saturated carbocycles. The van der Waals surface area contributed by atoms with Crippen molar-refractivity contribution >= 4 is 0 Å². The minimum absolute atomic E-state index is 0.477. The van der Waals surface area contributed by atoms with Gasteiger partial charge in [-0.25, -0.2) is 19.9 Å². The van der Waals surface area contributed by atoms with Crippen LogP contribution in [0.25, 0.3) is 0 Å². The first-order valence-electron chi connectivity index (χ1n) is 30.6. The first kappa shape index (κ1) is 56.7. The fraction of sp³-hybridized carbons (Fsp3) is 0.697. The van der Waals surface area contributed by atoms with E-state index in [2.05, 4.69) is 88.9 Å². The molecule has 0 radical (unpaired) electrons. The molecule has 0 saturated heterocycles. The summed E-state index contributed by atoms with van der Waals surface area (Å²) >= 11 is 0. The van der Waals surface area contributed by atoms with E-state index in [9.17, 15) is 0 Å². The summed E-state index contributed by atoms with van der Waals surface area (Å²) < 4.78 is 7.14. The van der Waals surface area contributed by atoms with E-state index in [1.807, 2.05) is 0 Å². The van der Waals surface area contributed by atoms with Crippen LogP contribution in [-0.2, 0) is 38.5 Å². The van der Waals surface area contributed by atoms with Crippen LogP contribution in [0.15, 0.2) is 61.2 Å². The van der Waals surface area contributed by atoms with E-state index in [0.29, 0.717) is 23.7 Å². The molecule has 2 heterocycles. The van der Waals surface area contributed by atoms with Gasteiger partial charge in [0.1, 0.15) is 23.1 Å². The summed E-state index contributed by atoms with van der Waals surface area (Å²) in [5, 5.41) is 0. The van der Waals surface area contributed by atoms with Crippen molar-refractivity contribution in [3.63, 3.8) is 0 Å². The fourth-order valence-corrected chi connectivity index (χ4v) is 11.9. The summed E-state index contributed by atoms with van der Waals surface area (Å²) in [5.41, 5.74) is 8.31. The fourth-order valence-electron chi connectivity index (χ4n) is 11.9. The van der Waals surface area contributed by atoms with Gasteiger partial charge >= 0.3 is 0 Å². The van der Waals surface area contributed by atoms with E-state index in [-0.39, 0.29) is 0 Å². The Hall–Kier alpha value is -3.60. The predicted octanol–water partition coefficient (Wildman–Crippen LogP) is 19.7. The van der Waals surface area contributed by atoms with Gasteiger partial charge in [0.15, 0.2) is 0 Å². The molecular formula is C66H102N4O. The molecule has 2 aliphatic rings. The number of ether oxygens (including phenoxy) is 1. The van der Waals surface area contributed by atoms with Crippen molar-refractivity contribution in [2.75, 3.05) is 0 Å². The Balaban J connectivity index is 0.987. The molecule has 0 aliphatic heterocycles. The third-order valence-corrected chi connectivity index (χ3v) is 16.6. The van der Waals surface area contributed by atoms with Crippen molar-refractivity contribution in [1.82, 2.24) is 19.9 Å². The molecule has 2 aromatic carbocycles.